The first-order valence-corrected chi connectivity index (χ1v) is 6.33. The molecule has 1 aromatic carbocycles. The molecular formula is C14H18N2O4. The highest BCUT2D eigenvalue weighted by molar-refractivity contribution is 5.96. The lowest BCUT2D eigenvalue weighted by Gasteiger charge is -2.07. The van der Waals surface area contributed by atoms with Crippen molar-refractivity contribution >= 4 is 17.6 Å². The highest BCUT2D eigenvalue weighted by atomic mass is 16.3. The van der Waals surface area contributed by atoms with Crippen molar-refractivity contribution in [1.82, 2.24) is 10.6 Å². The van der Waals surface area contributed by atoms with Gasteiger partial charge in [-0.3, -0.25) is 9.59 Å². The molecule has 0 saturated heterocycles. The van der Waals surface area contributed by atoms with E-state index in [0.717, 1.165) is 0 Å². The molecule has 3 N–H and O–H groups in total. The van der Waals surface area contributed by atoms with E-state index < -0.39 is 5.91 Å². The number of phenols is 1. The van der Waals surface area contributed by atoms with Gasteiger partial charge in [-0.05, 0) is 19.1 Å². The molecule has 1 rings (SSSR count). The molecule has 0 saturated carbocycles. The Labute approximate surface area is 117 Å². The summed E-state index contributed by atoms with van der Waals surface area (Å²) in [6.45, 7) is 1.95. The van der Waals surface area contributed by atoms with Crippen molar-refractivity contribution in [1.29, 1.82) is 0 Å². The number of carbonyl (C=O) groups is 3. The van der Waals surface area contributed by atoms with E-state index in [9.17, 15) is 19.5 Å². The molecule has 2 amide bonds. The molecule has 0 aliphatic heterocycles. The monoisotopic (exact) mass is 278 g/mol. The Hall–Kier alpha value is -2.37. The van der Waals surface area contributed by atoms with Gasteiger partial charge in [0.2, 0.25) is 5.91 Å². The Bertz CT molecular complexity index is 500. The second-order valence-corrected chi connectivity index (χ2v) is 4.33. The van der Waals surface area contributed by atoms with Gasteiger partial charge in [0, 0.05) is 25.9 Å². The molecule has 1 aromatic rings. The Morgan fingerprint density at radius 1 is 1.05 bits per heavy atom. The Morgan fingerprint density at radius 2 is 1.70 bits per heavy atom. The Balaban J connectivity index is 2.25. The summed E-state index contributed by atoms with van der Waals surface area (Å²) >= 11 is 0. The Kier molecular flexibility index (Phi) is 6.22. The van der Waals surface area contributed by atoms with Gasteiger partial charge < -0.3 is 20.5 Å². The van der Waals surface area contributed by atoms with E-state index >= 15 is 0 Å². The van der Waals surface area contributed by atoms with Crippen LogP contribution in [0.3, 0.4) is 0 Å². The first-order chi connectivity index (χ1) is 9.50. The number of ketones is 1. The average molecular weight is 278 g/mol. The molecule has 0 atom stereocenters. The molecule has 20 heavy (non-hydrogen) atoms. The zero-order valence-electron chi connectivity index (χ0n) is 11.3. The third-order valence-corrected chi connectivity index (χ3v) is 2.59. The molecule has 6 heteroatoms. The van der Waals surface area contributed by atoms with Crippen LogP contribution in [0.5, 0.6) is 5.75 Å². The summed E-state index contributed by atoms with van der Waals surface area (Å²) in [5.74, 6) is -0.749. The Morgan fingerprint density at radius 3 is 2.35 bits per heavy atom. The minimum absolute atomic E-state index is 0.0343. The van der Waals surface area contributed by atoms with Gasteiger partial charge in [-0.2, -0.15) is 0 Å². The zero-order chi connectivity index (χ0) is 15.0. The fourth-order valence-electron chi connectivity index (χ4n) is 1.52. The van der Waals surface area contributed by atoms with Crippen LogP contribution in [-0.4, -0.2) is 35.8 Å². The number of hydrogen-bond acceptors (Lipinski definition) is 4. The number of nitrogens with one attached hydrogen (secondary N) is 2. The van der Waals surface area contributed by atoms with Crippen molar-refractivity contribution in [3.8, 4) is 5.75 Å². The SMILES string of the molecule is CC(=O)CCC(=O)NCCNC(=O)c1ccccc1O. The number of para-hydroxylation sites is 1. The normalized spacial score (nSPS) is 9.85. The number of Topliss-reactive ketones (excluding diaryl/α,β-unsaturated/α-hetero) is 1. The number of amides is 2. The molecule has 0 unspecified atom stereocenters. The number of aromatic hydroxyl groups is 1. The van der Waals surface area contributed by atoms with Gasteiger partial charge in [-0.1, -0.05) is 12.1 Å². The van der Waals surface area contributed by atoms with Crippen LogP contribution in [0, 0.1) is 0 Å². The lowest BCUT2D eigenvalue weighted by Crippen LogP contribution is -2.34. The number of benzene rings is 1. The van der Waals surface area contributed by atoms with Gasteiger partial charge in [0.15, 0.2) is 0 Å². The molecule has 0 aliphatic rings. The van der Waals surface area contributed by atoms with Crippen LogP contribution < -0.4 is 10.6 Å². The van der Waals surface area contributed by atoms with Gasteiger partial charge >= 0.3 is 0 Å². The first kappa shape index (κ1) is 15.7. The van der Waals surface area contributed by atoms with Crippen LogP contribution in [0.15, 0.2) is 24.3 Å². The molecule has 0 aliphatic carbocycles. The number of rotatable bonds is 7. The largest absolute Gasteiger partial charge is 0.507 e. The van der Waals surface area contributed by atoms with E-state index in [2.05, 4.69) is 10.6 Å². The van der Waals surface area contributed by atoms with E-state index in [1.807, 2.05) is 0 Å². The molecule has 6 nitrogen and oxygen atoms in total. The maximum Gasteiger partial charge on any atom is 0.255 e. The van der Waals surface area contributed by atoms with E-state index in [1.54, 1.807) is 12.1 Å². The van der Waals surface area contributed by atoms with E-state index in [-0.39, 0.29) is 48.9 Å². The van der Waals surface area contributed by atoms with Crippen molar-refractivity contribution < 1.29 is 19.5 Å². The summed E-state index contributed by atoms with van der Waals surface area (Å²) in [4.78, 5) is 33.7. The minimum atomic E-state index is -0.402. The van der Waals surface area contributed by atoms with Gasteiger partial charge in [0.25, 0.3) is 5.91 Å². The molecule has 0 fully saturated rings. The molecule has 0 aromatic heterocycles. The van der Waals surface area contributed by atoms with E-state index in [0.29, 0.717) is 0 Å². The van der Waals surface area contributed by atoms with Crippen LogP contribution in [0.1, 0.15) is 30.1 Å². The van der Waals surface area contributed by atoms with E-state index in [4.69, 9.17) is 0 Å². The lowest BCUT2D eigenvalue weighted by molar-refractivity contribution is -0.124. The standard InChI is InChI=1S/C14H18N2O4/c1-10(17)6-7-13(19)15-8-9-16-14(20)11-4-2-3-5-12(11)18/h2-5,18H,6-9H2,1H3,(H,15,19)(H,16,20). The van der Waals surface area contributed by atoms with Crippen LogP contribution in [0.25, 0.3) is 0 Å². The van der Waals surface area contributed by atoms with Crippen molar-refractivity contribution in [2.45, 2.75) is 19.8 Å². The topological polar surface area (TPSA) is 95.5 Å². The third-order valence-electron chi connectivity index (χ3n) is 2.59. The fourth-order valence-corrected chi connectivity index (χ4v) is 1.52. The highest BCUT2D eigenvalue weighted by Gasteiger charge is 2.09. The van der Waals surface area contributed by atoms with Gasteiger partial charge in [0.05, 0.1) is 5.56 Å². The van der Waals surface area contributed by atoms with Crippen LogP contribution >= 0.6 is 0 Å². The van der Waals surface area contributed by atoms with E-state index in [1.165, 1.54) is 19.1 Å². The quantitative estimate of drug-likeness (QED) is 0.637. The van der Waals surface area contributed by atoms with Crippen molar-refractivity contribution in [3.05, 3.63) is 29.8 Å². The predicted molar refractivity (Wildman–Crippen MR) is 73.4 cm³/mol. The third kappa shape index (κ3) is 5.51. The molecule has 0 bridgehead atoms. The summed E-state index contributed by atoms with van der Waals surface area (Å²) in [5.41, 5.74) is 0.190. The lowest BCUT2D eigenvalue weighted by atomic mass is 10.2. The molecule has 108 valence electrons. The highest BCUT2D eigenvalue weighted by Crippen LogP contribution is 2.14. The van der Waals surface area contributed by atoms with Crippen molar-refractivity contribution in [3.63, 3.8) is 0 Å². The summed E-state index contributed by atoms with van der Waals surface area (Å²) in [7, 11) is 0. The summed E-state index contributed by atoms with van der Waals surface area (Å²) in [6.07, 6.45) is 0.374. The smallest absolute Gasteiger partial charge is 0.255 e. The van der Waals surface area contributed by atoms with Gasteiger partial charge in [-0.15, -0.1) is 0 Å². The molecule has 0 spiro atoms. The van der Waals surface area contributed by atoms with Gasteiger partial charge in [-0.25, -0.2) is 0 Å². The summed E-state index contributed by atoms with van der Waals surface area (Å²) < 4.78 is 0. The number of phenolic OH excluding ortho intramolecular Hbond substituents is 1. The van der Waals surface area contributed by atoms with Crippen LogP contribution in [0.2, 0.25) is 0 Å². The average Bonchev–Trinajstić information content (AvgIpc) is 2.41. The first-order valence-electron chi connectivity index (χ1n) is 6.33. The van der Waals surface area contributed by atoms with Crippen molar-refractivity contribution in [2.75, 3.05) is 13.1 Å². The molecular weight excluding hydrogens is 260 g/mol. The maximum absolute atomic E-state index is 11.7. The summed E-state index contributed by atoms with van der Waals surface area (Å²) in [5, 5.41) is 14.7. The summed E-state index contributed by atoms with van der Waals surface area (Å²) in [6, 6.07) is 6.22. The van der Waals surface area contributed by atoms with Crippen LogP contribution in [-0.2, 0) is 9.59 Å². The van der Waals surface area contributed by atoms with Crippen molar-refractivity contribution in [2.24, 2.45) is 0 Å². The zero-order valence-corrected chi connectivity index (χ0v) is 11.3. The fraction of sp³-hybridized carbons (Fsp3) is 0.357. The second kappa shape index (κ2) is 7.93. The minimum Gasteiger partial charge on any atom is -0.507 e. The predicted octanol–water partition coefficient (Wildman–Crippen LogP) is 0.607. The maximum atomic E-state index is 11.7. The van der Waals surface area contributed by atoms with Gasteiger partial charge in [0.1, 0.15) is 11.5 Å². The van der Waals surface area contributed by atoms with Crippen LogP contribution in [0.4, 0.5) is 0 Å². The molecule has 0 radical (unpaired) electrons. The number of carbonyl (C=O) groups excluding carboxylic acids is 3. The molecule has 0 heterocycles. The number of hydrogen-bond donors (Lipinski definition) is 3. The second-order valence-electron chi connectivity index (χ2n) is 4.33.